The zero-order valence-electron chi connectivity index (χ0n) is 18.9. The Morgan fingerprint density at radius 2 is 2.27 bits per heavy atom. The fourth-order valence-corrected chi connectivity index (χ4v) is 6.20. The van der Waals surface area contributed by atoms with E-state index in [1.165, 1.54) is 10.4 Å². The molecule has 1 fully saturated rings. The standard InChI is InChI=1S/C23H36N4O2S/c1-5-18(16-28-4)13-27-15-19(24-25-27)14-26-9-8-23(12-17(26)3)21-11-20(6-2)30-22(21)7-10-29-23/h11,15,17-18H,5-10,12-14,16H2,1-4H3/t17-,18?,23+/m0/s1. The van der Waals surface area contributed by atoms with Gasteiger partial charge in [-0.1, -0.05) is 19.1 Å². The van der Waals surface area contributed by atoms with Gasteiger partial charge in [0.15, 0.2) is 0 Å². The molecule has 0 aliphatic carbocycles. The van der Waals surface area contributed by atoms with Crippen LogP contribution in [0.4, 0.5) is 0 Å². The molecule has 3 atom stereocenters. The Balaban J connectivity index is 1.40. The summed E-state index contributed by atoms with van der Waals surface area (Å²) in [6, 6.07) is 2.88. The van der Waals surface area contributed by atoms with E-state index in [4.69, 9.17) is 9.47 Å². The Morgan fingerprint density at radius 3 is 3.00 bits per heavy atom. The highest BCUT2D eigenvalue weighted by atomic mass is 32.1. The number of methoxy groups -OCH3 is 1. The lowest BCUT2D eigenvalue weighted by Gasteiger charge is -2.47. The topological polar surface area (TPSA) is 52.4 Å². The van der Waals surface area contributed by atoms with Crippen LogP contribution < -0.4 is 0 Å². The van der Waals surface area contributed by atoms with Gasteiger partial charge in [-0.25, -0.2) is 0 Å². The predicted octanol–water partition coefficient (Wildman–Crippen LogP) is 4.03. The number of piperidine rings is 1. The third-order valence-electron chi connectivity index (χ3n) is 6.83. The summed E-state index contributed by atoms with van der Waals surface area (Å²) >= 11 is 2.00. The number of likely N-dealkylation sites (tertiary alicyclic amines) is 1. The summed E-state index contributed by atoms with van der Waals surface area (Å²) in [4.78, 5) is 5.59. The van der Waals surface area contributed by atoms with E-state index >= 15 is 0 Å². The maximum absolute atomic E-state index is 6.48. The first-order chi connectivity index (χ1) is 14.6. The minimum Gasteiger partial charge on any atom is -0.384 e. The van der Waals surface area contributed by atoms with Crippen LogP contribution in [0.5, 0.6) is 0 Å². The highest BCUT2D eigenvalue weighted by molar-refractivity contribution is 7.12. The molecular formula is C23H36N4O2S. The molecule has 2 aromatic rings. The van der Waals surface area contributed by atoms with E-state index < -0.39 is 0 Å². The Morgan fingerprint density at radius 1 is 1.40 bits per heavy atom. The Bertz CT molecular complexity index is 835. The molecule has 0 amide bonds. The van der Waals surface area contributed by atoms with E-state index in [9.17, 15) is 0 Å². The SMILES string of the molecule is CCc1cc2c(s1)CCO[C@@]21CCN(Cc2cn(CC(CC)COC)nn2)[C@@H](C)C1. The van der Waals surface area contributed by atoms with Crippen LogP contribution in [0.2, 0.25) is 0 Å². The molecule has 1 spiro atoms. The van der Waals surface area contributed by atoms with Gasteiger partial charge in [0, 0.05) is 61.1 Å². The summed E-state index contributed by atoms with van der Waals surface area (Å²) in [5, 5.41) is 8.81. The van der Waals surface area contributed by atoms with Gasteiger partial charge in [-0.2, -0.15) is 0 Å². The smallest absolute Gasteiger partial charge is 0.0969 e. The van der Waals surface area contributed by atoms with Crippen molar-refractivity contribution in [2.45, 2.75) is 77.6 Å². The van der Waals surface area contributed by atoms with Crippen LogP contribution in [0, 0.1) is 5.92 Å². The summed E-state index contributed by atoms with van der Waals surface area (Å²) in [6.07, 6.45) is 7.50. The van der Waals surface area contributed by atoms with Gasteiger partial charge in [0.2, 0.25) is 0 Å². The molecule has 0 N–H and O–H groups in total. The molecule has 0 radical (unpaired) electrons. The van der Waals surface area contributed by atoms with Gasteiger partial charge in [0.25, 0.3) is 0 Å². The van der Waals surface area contributed by atoms with Crippen LogP contribution in [0.15, 0.2) is 12.3 Å². The van der Waals surface area contributed by atoms with Crippen LogP contribution in [0.3, 0.4) is 0 Å². The summed E-state index contributed by atoms with van der Waals surface area (Å²) in [6.45, 7) is 11.2. The third kappa shape index (κ3) is 4.49. The quantitative estimate of drug-likeness (QED) is 0.630. The van der Waals surface area contributed by atoms with Crippen LogP contribution in [-0.2, 0) is 41.0 Å². The predicted molar refractivity (Wildman–Crippen MR) is 120 cm³/mol. The number of thiophene rings is 1. The fourth-order valence-electron chi connectivity index (χ4n) is 5.02. The van der Waals surface area contributed by atoms with Gasteiger partial charge >= 0.3 is 0 Å². The molecule has 4 heterocycles. The molecule has 2 aliphatic heterocycles. The van der Waals surface area contributed by atoms with Crippen LogP contribution >= 0.6 is 11.3 Å². The first-order valence-electron chi connectivity index (χ1n) is 11.4. The van der Waals surface area contributed by atoms with E-state index in [0.717, 1.165) is 70.6 Å². The Hall–Kier alpha value is -1.28. The molecule has 4 rings (SSSR count). The number of hydrogen-bond acceptors (Lipinski definition) is 6. The lowest BCUT2D eigenvalue weighted by atomic mass is 9.79. The average molecular weight is 433 g/mol. The number of aryl methyl sites for hydroxylation is 1. The first kappa shape index (κ1) is 21.9. The van der Waals surface area contributed by atoms with Gasteiger partial charge in [0.1, 0.15) is 0 Å². The lowest BCUT2D eigenvalue weighted by Crippen LogP contribution is -2.50. The number of nitrogens with zero attached hydrogens (tertiary/aromatic N) is 4. The second kappa shape index (κ2) is 9.47. The largest absolute Gasteiger partial charge is 0.384 e. The van der Waals surface area contributed by atoms with Crippen molar-refractivity contribution in [3.05, 3.63) is 33.3 Å². The molecular weight excluding hydrogens is 396 g/mol. The minimum atomic E-state index is -0.0838. The molecule has 2 aliphatic rings. The summed E-state index contributed by atoms with van der Waals surface area (Å²) in [7, 11) is 1.76. The maximum Gasteiger partial charge on any atom is 0.0969 e. The molecule has 6 nitrogen and oxygen atoms in total. The van der Waals surface area contributed by atoms with Crippen molar-refractivity contribution in [3.8, 4) is 0 Å². The van der Waals surface area contributed by atoms with Crippen molar-refractivity contribution in [1.82, 2.24) is 19.9 Å². The van der Waals surface area contributed by atoms with E-state index in [0.29, 0.717) is 12.0 Å². The number of ether oxygens (including phenoxy) is 2. The van der Waals surface area contributed by atoms with Crippen LogP contribution in [-0.4, -0.2) is 52.8 Å². The molecule has 7 heteroatoms. The zero-order chi connectivity index (χ0) is 21.1. The van der Waals surface area contributed by atoms with E-state index in [1.807, 2.05) is 16.0 Å². The Labute approximate surface area is 184 Å². The number of fused-ring (bicyclic) bond motifs is 2. The van der Waals surface area contributed by atoms with Crippen molar-refractivity contribution in [2.75, 3.05) is 26.9 Å². The highest BCUT2D eigenvalue weighted by Crippen LogP contribution is 2.46. The molecule has 2 aromatic heterocycles. The Kier molecular flexibility index (Phi) is 6.92. The number of rotatable bonds is 8. The summed E-state index contributed by atoms with van der Waals surface area (Å²) in [5.41, 5.74) is 2.45. The molecule has 0 saturated carbocycles. The highest BCUT2D eigenvalue weighted by Gasteiger charge is 2.44. The van der Waals surface area contributed by atoms with E-state index in [1.54, 1.807) is 12.0 Å². The molecule has 30 heavy (non-hydrogen) atoms. The van der Waals surface area contributed by atoms with Gasteiger partial charge in [0.05, 0.1) is 24.5 Å². The first-order valence-corrected chi connectivity index (χ1v) is 12.3. The van der Waals surface area contributed by atoms with Gasteiger partial charge < -0.3 is 9.47 Å². The van der Waals surface area contributed by atoms with Gasteiger partial charge in [-0.05, 0) is 44.2 Å². The minimum absolute atomic E-state index is 0.0838. The molecule has 1 unspecified atom stereocenters. The second-order valence-corrected chi connectivity index (χ2v) is 10.2. The van der Waals surface area contributed by atoms with Crippen LogP contribution in [0.25, 0.3) is 0 Å². The van der Waals surface area contributed by atoms with Crippen molar-refractivity contribution < 1.29 is 9.47 Å². The van der Waals surface area contributed by atoms with Crippen molar-refractivity contribution in [3.63, 3.8) is 0 Å². The monoisotopic (exact) mass is 432 g/mol. The molecule has 166 valence electrons. The number of hydrogen-bond donors (Lipinski definition) is 0. The normalized spacial score (nSPS) is 25.5. The third-order valence-corrected chi connectivity index (χ3v) is 8.17. The number of aromatic nitrogens is 3. The maximum atomic E-state index is 6.48. The molecule has 1 saturated heterocycles. The van der Waals surface area contributed by atoms with Crippen molar-refractivity contribution in [2.24, 2.45) is 5.92 Å². The summed E-state index contributed by atoms with van der Waals surface area (Å²) < 4.78 is 13.8. The second-order valence-electron chi connectivity index (χ2n) is 8.93. The van der Waals surface area contributed by atoms with Crippen LogP contribution in [0.1, 0.15) is 61.0 Å². The lowest BCUT2D eigenvalue weighted by molar-refractivity contribution is -0.112. The molecule has 0 bridgehead atoms. The summed E-state index contributed by atoms with van der Waals surface area (Å²) in [5.74, 6) is 0.481. The van der Waals surface area contributed by atoms with Crippen molar-refractivity contribution >= 4 is 11.3 Å². The van der Waals surface area contributed by atoms with Gasteiger partial charge in [-0.3, -0.25) is 9.58 Å². The fraction of sp³-hybridized carbons (Fsp3) is 0.739. The zero-order valence-corrected chi connectivity index (χ0v) is 19.7. The van der Waals surface area contributed by atoms with E-state index in [-0.39, 0.29) is 5.60 Å². The van der Waals surface area contributed by atoms with Crippen molar-refractivity contribution in [1.29, 1.82) is 0 Å². The van der Waals surface area contributed by atoms with Gasteiger partial charge in [-0.15, -0.1) is 16.4 Å². The molecule has 0 aromatic carbocycles. The van der Waals surface area contributed by atoms with E-state index in [2.05, 4.69) is 48.2 Å². The average Bonchev–Trinajstić information content (AvgIpc) is 3.37.